The molecule has 0 bridgehead atoms. The van der Waals surface area contributed by atoms with Crippen molar-refractivity contribution in [3.63, 3.8) is 0 Å². The average molecular weight is 294 g/mol. The van der Waals surface area contributed by atoms with E-state index >= 15 is 0 Å². The molecule has 1 aliphatic rings. The second kappa shape index (κ2) is 6.65. The summed E-state index contributed by atoms with van der Waals surface area (Å²) in [6, 6.07) is 2.92. The zero-order chi connectivity index (χ0) is 15.4. The van der Waals surface area contributed by atoms with E-state index in [1.54, 1.807) is 0 Å². The number of benzene rings is 1. The van der Waals surface area contributed by atoms with E-state index in [1.165, 1.54) is 0 Å². The Morgan fingerprint density at radius 1 is 1.38 bits per heavy atom. The molecule has 1 N–H and O–H groups in total. The summed E-state index contributed by atoms with van der Waals surface area (Å²) in [6.45, 7) is 2.70. The third-order valence-electron chi connectivity index (χ3n) is 4.09. The summed E-state index contributed by atoms with van der Waals surface area (Å²) < 4.78 is 13.2. The first-order valence-corrected chi connectivity index (χ1v) is 7.19. The van der Waals surface area contributed by atoms with Crippen molar-refractivity contribution in [2.75, 3.05) is 6.54 Å². The van der Waals surface area contributed by atoms with Gasteiger partial charge in [0.15, 0.2) is 0 Å². The molecule has 6 heteroatoms. The number of nitrogens with one attached hydrogen (secondary N) is 1. The van der Waals surface area contributed by atoms with E-state index < -0.39 is 16.6 Å². The fourth-order valence-corrected chi connectivity index (χ4v) is 2.71. The molecule has 1 aromatic rings. The predicted molar refractivity (Wildman–Crippen MR) is 76.5 cm³/mol. The number of nitro benzene ring substituents is 1. The molecule has 0 heterocycles. The largest absolute Gasteiger partial charge is 0.352 e. The Kier molecular flexibility index (Phi) is 4.88. The number of amides is 1. The van der Waals surface area contributed by atoms with Gasteiger partial charge in [-0.2, -0.15) is 0 Å². The highest BCUT2D eigenvalue weighted by atomic mass is 19.1. The van der Waals surface area contributed by atoms with Crippen LogP contribution in [0.1, 0.15) is 43.0 Å². The molecule has 0 radical (unpaired) electrons. The number of hydrogen-bond donors (Lipinski definition) is 1. The molecule has 2 rings (SSSR count). The Bertz CT molecular complexity index is 540. The van der Waals surface area contributed by atoms with Gasteiger partial charge in [-0.3, -0.25) is 14.9 Å². The van der Waals surface area contributed by atoms with Crippen molar-refractivity contribution < 1.29 is 14.1 Å². The molecular weight excluding hydrogens is 275 g/mol. The number of rotatable bonds is 4. The third kappa shape index (κ3) is 4.00. The van der Waals surface area contributed by atoms with Gasteiger partial charge in [0, 0.05) is 12.6 Å². The van der Waals surface area contributed by atoms with Crippen LogP contribution in [0.25, 0.3) is 0 Å². The number of halogens is 1. The van der Waals surface area contributed by atoms with Crippen molar-refractivity contribution in [1.82, 2.24) is 5.32 Å². The zero-order valence-electron chi connectivity index (χ0n) is 12.0. The Labute approximate surface area is 122 Å². The van der Waals surface area contributed by atoms with Gasteiger partial charge in [-0.05, 0) is 36.8 Å². The second-order valence-corrected chi connectivity index (χ2v) is 5.75. The Hall–Kier alpha value is -1.98. The van der Waals surface area contributed by atoms with Crippen LogP contribution in [0.2, 0.25) is 0 Å². The van der Waals surface area contributed by atoms with Gasteiger partial charge in [0.2, 0.25) is 0 Å². The Morgan fingerprint density at radius 2 is 2.05 bits per heavy atom. The SMILES string of the molecule is CC1CCC(CNC(=O)c2cc(F)ccc2[N+](=O)[O-])CC1. The van der Waals surface area contributed by atoms with Crippen molar-refractivity contribution >= 4 is 11.6 Å². The van der Waals surface area contributed by atoms with Crippen LogP contribution in [0, 0.1) is 27.8 Å². The molecule has 0 aliphatic heterocycles. The molecule has 1 saturated carbocycles. The summed E-state index contributed by atoms with van der Waals surface area (Å²) in [7, 11) is 0. The minimum Gasteiger partial charge on any atom is -0.352 e. The van der Waals surface area contributed by atoms with Gasteiger partial charge in [-0.15, -0.1) is 0 Å². The smallest absolute Gasteiger partial charge is 0.282 e. The molecule has 1 aromatic carbocycles. The summed E-state index contributed by atoms with van der Waals surface area (Å²) in [5, 5.41) is 13.6. The molecule has 114 valence electrons. The number of carbonyl (C=O) groups is 1. The first kappa shape index (κ1) is 15.4. The lowest BCUT2D eigenvalue weighted by Gasteiger charge is -2.26. The molecule has 0 aromatic heterocycles. The zero-order valence-corrected chi connectivity index (χ0v) is 12.0. The first-order valence-electron chi connectivity index (χ1n) is 7.19. The average Bonchev–Trinajstić information content (AvgIpc) is 2.46. The van der Waals surface area contributed by atoms with Crippen LogP contribution >= 0.6 is 0 Å². The lowest BCUT2D eigenvalue weighted by molar-refractivity contribution is -0.385. The van der Waals surface area contributed by atoms with Gasteiger partial charge in [0.05, 0.1) is 4.92 Å². The standard InChI is InChI=1S/C15H19FN2O3/c1-10-2-4-11(5-3-10)9-17-15(19)13-8-12(16)6-7-14(13)18(20)21/h6-8,10-11H,2-5,9H2,1H3,(H,17,19). The molecule has 1 amide bonds. The van der Waals surface area contributed by atoms with E-state index in [1.807, 2.05) is 0 Å². The first-order chi connectivity index (χ1) is 9.97. The minimum absolute atomic E-state index is 0.218. The van der Waals surface area contributed by atoms with E-state index in [-0.39, 0.29) is 11.3 Å². The quantitative estimate of drug-likeness (QED) is 0.684. The van der Waals surface area contributed by atoms with Gasteiger partial charge in [-0.1, -0.05) is 19.8 Å². The second-order valence-electron chi connectivity index (χ2n) is 5.75. The summed E-state index contributed by atoms with van der Waals surface area (Å²) in [5.41, 5.74) is -0.588. The lowest BCUT2D eigenvalue weighted by atomic mass is 9.83. The fourth-order valence-electron chi connectivity index (χ4n) is 2.71. The van der Waals surface area contributed by atoms with Crippen molar-refractivity contribution in [1.29, 1.82) is 0 Å². The number of nitro groups is 1. The highest BCUT2D eigenvalue weighted by Crippen LogP contribution is 2.28. The predicted octanol–water partition coefficient (Wildman–Crippen LogP) is 3.29. The number of carbonyl (C=O) groups excluding carboxylic acids is 1. The van der Waals surface area contributed by atoms with Gasteiger partial charge in [0.25, 0.3) is 11.6 Å². The highest BCUT2D eigenvalue weighted by molar-refractivity contribution is 5.98. The summed E-state index contributed by atoms with van der Waals surface area (Å²) >= 11 is 0. The number of nitrogens with zero attached hydrogens (tertiary/aromatic N) is 1. The van der Waals surface area contributed by atoms with Gasteiger partial charge >= 0.3 is 0 Å². The monoisotopic (exact) mass is 294 g/mol. The fraction of sp³-hybridized carbons (Fsp3) is 0.533. The normalized spacial score (nSPS) is 21.8. The van der Waals surface area contributed by atoms with Crippen LogP contribution in [0.15, 0.2) is 18.2 Å². The van der Waals surface area contributed by atoms with E-state index in [0.29, 0.717) is 12.5 Å². The van der Waals surface area contributed by atoms with Crippen LogP contribution in [0.5, 0.6) is 0 Å². The highest BCUT2D eigenvalue weighted by Gasteiger charge is 2.23. The molecule has 5 nitrogen and oxygen atoms in total. The Balaban J connectivity index is 2.00. The lowest BCUT2D eigenvalue weighted by Crippen LogP contribution is -2.31. The van der Waals surface area contributed by atoms with Gasteiger partial charge in [-0.25, -0.2) is 4.39 Å². The maximum atomic E-state index is 13.2. The van der Waals surface area contributed by atoms with Crippen LogP contribution in [-0.4, -0.2) is 17.4 Å². The Morgan fingerprint density at radius 3 is 2.67 bits per heavy atom. The molecular formula is C15H19FN2O3. The molecule has 21 heavy (non-hydrogen) atoms. The molecule has 0 atom stereocenters. The van der Waals surface area contributed by atoms with Gasteiger partial charge in [0.1, 0.15) is 11.4 Å². The molecule has 0 unspecified atom stereocenters. The molecule has 0 spiro atoms. The topological polar surface area (TPSA) is 72.2 Å². The third-order valence-corrected chi connectivity index (χ3v) is 4.09. The van der Waals surface area contributed by atoms with Crippen LogP contribution in [0.4, 0.5) is 10.1 Å². The van der Waals surface area contributed by atoms with Gasteiger partial charge < -0.3 is 5.32 Å². The van der Waals surface area contributed by atoms with E-state index in [2.05, 4.69) is 12.2 Å². The maximum absolute atomic E-state index is 13.2. The van der Waals surface area contributed by atoms with E-state index in [0.717, 1.165) is 49.8 Å². The van der Waals surface area contributed by atoms with Crippen molar-refractivity contribution in [3.8, 4) is 0 Å². The van der Waals surface area contributed by atoms with Crippen molar-refractivity contribution in [2.45, 2.75) is 32.6 Å². The van der Waals surface area contributed by atoms with Crippen molar-refractivity contribution in [3.05, 3.63) is 39.7 Å². The van der Waals surface area contributed by atoms with Crippen LogP contribution < -0.4 is 5.32 Å². The summed E-state index contributed by atoms with van der Waals surface area (Å²) in [6.07, 6.45) is 4.38. The van der Waals surface area contributed by atoms with E-state index in [9.17, 15) is 19.3 Å². The van der Waals surface area contributed by atoms with Crippen LogP contribution in [-0.2, 0) is 0 Å². The van der Waals surface area contributed by atoms with Crippen LogP contribution in [0.3, 0.4) is 0 Å². The number of hydrogen-bond acceptors (Lipinski definition) is 3. The van der Waals surface area contributed by atoms with E-state index in [4.69, 9.17) is 0 Å². The molecule has 0 saturated heterocycles. The van der Waals surface area contributed by atoms with Crippen molar-refractivity contribution in [2.24, 2.45) is 11.8 Å². The molecule has 1 aliphatic carbocycles. The maximum Gasteiger partial charge on any atom is 0.282 e. The summed E-state index contributed by atoms with van der Waals surface area (Å²) in [5.74, 6) is -0.115. The minimum atomic E-state index is -0.670. The molecule has 1 fully saturated rings. The summed E-state index contributed by atoms with van der Waals surface area (Å²) in [4.78, 5) is 22.3.